The SMILES string of the molecule is CN=C(NCC(C)(C)C(=O)NC)NC(C)c1cccc(C(F)(F)F)c1.I. The summed E-state index contributed by atoms with van der Waals surface area (Å²) in [6, 6.07) is 4.75. The molecule has 0 spiro atoms. The molecule has 0 aliphatic heterocycles. The van der Waals surface area contributed by atoms with Crippen molar-refractivity contribution < 1.29 is 18.0 Å². The highest BCUT2D eigenvalue weighted by molar-refractivity contribution is 14.0. The molecule has 0 fully saturated rings. The van der Waals surface area contributed by atoms with Gasteiger partial charge in [0.15, 0.2) is 5.96 Å². The third-order valence-corrected chi connectivity index (χ3v) is 3.83. The van der Waals surface area contributed by atoms with E-state index in [0.29, 0.717) is 18.1 Å². The Morgan fingerprint density at radius 1 is 1.27 bits per heavy atom. The number of benzene rings is 1. The van der Waals surface area contributed by atoms with Gasteiger partial charge < -0.3 is 16.0 Å². The largest absolute Gasteiger partial charge is 0.416 e. The number of carbonyl (C=O) groups excluding carboxylic acids is 1. The lowest BCUT2D eigenvalue weighted by Gasteiger charge is -2.25. The number of nitrogens with zero attached hydrogens (tertiary/aromatic N) is 1. The number of amides is 1. The van der Waals surface area contributed by atoms with Gasteiger partial charge in [-0.2, -0.15) is 13.2 Å². The van der Waals surface area contributed by atoms with Crippen molar-refractivity contribution in [2.24, 2.45) is 10.4 Å². The molecule has 1 unspecified atom stereocenters. The third-order valence-electron chi connectivity index (χ3n) is 3.83. The van der Waals surface area contributed by atoms with Crippen LogP contribution in [0.3, 0.4) is 0 Å². The normalized spacial score (nSPS) is 13.5. The molecular weight excluding hydrogens is 460 g/mol. The lowest BCUT2D eigenvalue weighted by molar-refractivity contribution is -0.137. The number of aliphatic imine (C=N–C) groups is 1. The number of nitrogens with one attached hydrogen (secondary N) is 3. The number of hydrogen-bond donors (Lipinski definition) is 3. The van der Waals surface area contributed by atoms with E-state index < -0.39 is 23.2 Å². The second kappa shape index (κ2) is 9.98. The predicted octanol–water partition coefficient (Wildman–Crippen LogP) is 3.32. The van der Waals surface area contributed by atoms with Crippen molar-refractivity contribution in [2.75, 3.05) is 20.6 Å². The van der Waals surface area contributed by atoms with Gasteiger partial charge in [0.05, 0.1) is 17.0 Å². The summed E-state index contributed by atoms with van der Waals surface area (Å²) in [6.45, 7) is 5.62. The van der Waals surface area contributed by atoms with Gasteiger partial charge >= 0.3 is 6.18 Å². The highest BCUT2D eigenvalue weighted by Crippen LogP contribution is 2.30. The molecule has 1 atom stereocenters. The first kappa shape index (κ1) is 24.5. The molecule has 5 nitrogen and oxygen atoms in total. The molecule has 0 saturated carbocycles. The van der Waals surface area contributed by atoms with Gasteiger partial charge in [0.2, 0.25) is 5.91 Å². The van der Waals surface area contributed by atoms with Crippen LogP contribution >= 0.6 is 24.0 Å². The molecule has 26 heavy (non-hydrogen) atoms. The average Bonchev–Trinajstić information content (AvgIpc) is 2.56. The van der Waals surface area contributed by atoms with E-state index in [1.165, 1.54) is 6.07 Å². The van der Waals surface area contributed by atoms with Gasteiger partial charge in [-0.1, -0.05) is 12.1 Å². The van der Waals surface area contributed by atoms with Crippen LogP contribution in [0.15, 0.2) is 29.3 Å². The molecule has 0 aliphatic rings. The summed E-state index contributed by atoms with van der Waals surface area (Å²) >= 11 is 0. The van der Waals surface area contributed by atoms with Crippen LogP contribution in [0.5, 0.6) is 0 Å². The van der Waals surface area contributed by atoms with Gasteiger partial charge in [0.1, 0.15) is 0 Å². The zero-order valence-corrected chi connectivity index (χ0v) is 17.8. The first-order valence-corrected chi connectivity index (χ1v) is 7.88. The minimum absolute atomic E-state index is 0. The molecule has 0 aromatic heterocycles. The van der Waals surface area contributed by atoms with Gasteiger partial charge in [-0.05, 0) is 38.5 Å². The molecular formula is C17H26F3IN4O. The van der Waals surface area contributed by atoms with Crippen LogP contribution in [0.2, 0.25) is 0 Å². The second-order valence-corrected chi connectivity index (χ2v) is 6.38. The molecule has 0 radical (unpaired) electrons. The summed E-state index contributed by atoms with van der Waals surface area (Å²) in [5.74, 6) is 0.281. The topological polar surface area (TPSA) is 65.5 Å². The third kappa shape index (κ3) is 7.00. The first-order valence-electron chi connectivity index (χ1n) is 7.88. The predicted molar refractivity (Wildman–Crippen MR) is 108 cm³/mol. The molecule has 9 heteroatoms. The van der Waals surface area contributed by atoms with Gasteiger partial charge in [-0.25, -0.2) is 0 Å². The minimum atomic E-state index is -4.38. The van der Waals surface area contributed by atoms with E-state index in [4.69, 9.17) is 0 Å². The Morgan fingerprint density at radius 3 is 2.38 bits per heavy atom. The van der Waals surface area contributed by atoms with Crippen LogP contribution in [0.25, 0.3) is 0 Å². The fraction of sp³-hybridized carbons (Fsp3) is 0.529. The van der Waals surface area contributed by atoms with E-state index in [1.807, 2.05) is 0 Å². The smallest absolute Gasteiger partial charge is 0.359 e. The number of carbonyl (C=O) groups is 1. The monoisotopic (exact) mass is 486 g/mol. The van der Waals surface area contributed by atoms with Gasteiger partial charge in [0, 0.05) is 20.6 Å². The molecule has 1 aromatic rings. The number of guanidine groups is 1. The van der Waals surface area contributed by atoms with E-state index in [1.54, 1.807) is 40.9 Å². The Labute approximate surface area is 169 Å². The van der Waals surface area contributed by atoms with Crippen LogP contribution in [0, 0.1) is 5.41 Å². The van der Waals surface area contributed by atoms with Crippen LogP contribution < -0.4 is 16.0 Å². The zero-order chi connectivity index (χ0) is 19.3. The summed E-state index contributed by atoms with van der Waals surface area (Å²) in [7, 11) is 3.12. The highest BCUT2D eigenvalue weighted by atomic mass is 127. The number of halogens is 4. The van der Waals surface area contributed by atoms with Gasteiger partial charge in [-0.3, -0.25) is 9.79 Å². The minimum Gasteiger partial charge on any atom is -0.359 e. The van der Waals surface area contributed by atoms with Gasteiger partial charge in [-0.15, -0.1) is 24.0 Å². The Morgan fingerprint density at radius 2 is 1.88 bits per heavy atom. The van der Waals surface area contributed by atoms with Crippen molar-refractivity contribution in [3.05, 3.63) is 35.4 Å². The van der Waals surface area contributed by atoms with Crippen LogP contribution in [-0.4, -0.2) is 32.5 Å². The Kier molecular flexibility index (Phi) is 9.40. The summed E-state index contributed by atoms with van der Waals surface area (Å²) in [4.78, 5) is 15.8. The number of hydrogen-bond acceptors (Lipinski definition) is 2. The van der Waals surface area contributed by atoms with E-state index in [0.717, 1.165) is 12.1 Å². The maximum Gasteiger partial charge on any atom is 0.416 e. The van der Waals surface area contributed by atoms with Crippen molar-refractivity contribution in [1.82, 2.24) is 16.0 Å². The fourth-order valence-corrected chi connectivity index (χ4v) is 2.19. The Balaban J connectivity index is 0.00000625. The van der Waals surface area contributed by atoms with Crippen LogP contribution in [-0.2, 0) is 11.0 Å². The Bertz CT molecular complexity index is 633. The van der Waals surface area contributed by atoms with Crippen LogP contribution in [0.4, 0.5) is 13.2 Å². The first-order chi connectivity index (χ1) is 11.5. The van der Waals surface area contributed by atoms with Crippen molar-refractivity contribution in [1.29, 1.82) is 0 Å². The lowest BCUT2D eigenvalue weighted by Crippen LogP contribution is -2.47. The lowest BCUT2D eigenvalue weighted by atomic mass is 9.92. The standard InChI is InChI=1S/C17H25F3N4O.HI/c1-11(12-7-6-8-13(9-12)17(18,19)20)24-15(22-5)23-10-16(2,3)14(25)21-4;/h6-9,11H,10H2,1-5H3,(H,21,25)(H2,22,23,24);1H. The molecule has 148 valence electrons. The zero-order valence-electron chi connectivity index (χ0n) is 15.5. The second-order valence-electron chi connectivity index (χ2n) is 6.38. The summed E-state index contributed by atoms with van der Waals surface area (Å²) in [5, 5.41) is 8.65. The molecule has 3 N–H and O–H groups in total. The molecule has 1 amide bonds. The van der Waals surface area contributed by atoms with Crippen molar-refractivity contribution >= 4 is 35.8 Å². The summed E-state index contributed by atoms with van der Waals surface area (Å²) < 4.78 is 38.5. The fourth-order valence-electron chi connectivity index (χ4n) is 2.19. The quantitative estimate of drug-likeness (QED) is 0.340. The van der Waals surface area contributed by atoms with E-state index >= 15 is 0 Å². The number of rotatable bonds is 5. The highest BCUT2D eigenvalue weighted by Gasteiger charge is 2.31. The number of alkyl halides is 3. The molecule has 0 bridgehead atoms. The molecule has 0 aliphatic carbocycles. The van der Waals surface area contributed by atoms with E-state index in [-0.39, 0.29) is 29.9 Å². The van der Waals surface area contributed by atoms with Gasteiger partial charge in [0.25, 0.3) is 0 Å². The van der Waals surface area contributed by atoms with Crippen molar-refractivity contribution in [2.45, 2.75) is 33.0 Å². The molecule has 0 saturated heterocycles. The van der Waals surface area contributed by atoms with Crippen LogP contribution in [0.1, 0.15) is 37.9 Å². The maximum atomic E-state index is 12.8. The average molecular weight is 486 g/mol. The van der Waals surface area contributed by atoms with E-state index in [9.17, 15) is 18.0 Å². The summed E-state index contributed by atoms with van der Waals surface area (Å²) in [5.41, 5.74) is -0.864. The molecule has 1 rings (SSSR count). The maximum absolute atomic E-state index is 12.8. The molecule has 1 aromatic carbocycles. The van der Waals surface area contributed by atoms with Crippen molar-refractivity contribution in [3.8, 4) is 0 Å². The molecule has 0 heterocycles. The Hall–Kier alpha value is -1.52. The van der Waals surface area contributed by atoms with E-state index in [2.05, 4.69) is 20.9 Å². The summed E-state index contributed by atoms with van der Waals surface area (Å²) in [6.07, 6.45) is -4.38. The van der Waals surface area contributed by atoms with Crippen molar-refractivity contribution in [3.63, 3.8) is 0 Å².